The van der Waals surface area contributed by atoms with E-state index in [2.05, 4.69) is 6.92 Å². The second-order valence-electron chi connectivity index (χ2n) is 5.06. The van der Waals surface area contributed by atoms with Gasteiger partial charge in [-0.25, -0.2) is 0 Å². The van der Waals surface area contributed by atoms with Crippen molar-refractivity contribution in [1.82, 2.24) is 4.90 Å². The number of aliphatic hydroxyl groups is 1. The molecule has 1 aliphatic rings. The van der Waals surface area contributed by atoms with Crippen LogP contribution in [-0.2, 0) is 4.79 Å². The van der Waals surface area contributed by atoms with Gasteiger partial charge in [0.05, 0.1) is 6.61 Å². The predicted molar refractivity (Wildman–Crippen MR) is 69.8 cm³/mol. The Bertz CT molecular complexity index is 214. The number of unbranched alkanes of at least 4 members (excludes halogenated alkanes) is 4. The van der Waals surface area contributed by atoms with Crippen LogP contribution >= 0.6 is 0 Å². The number of rotatable bonds is 9. The van der Waals surface area contributed by atoms with Crippen LogP contribution in [0.15, 0.2) is 0 Å². The molecule has 0 aromatic heterocycles. The second-order valence-corrected chi connectivity index (χ2v) is 5.06. The fourth-order valence-electron chi connectivity index (χ4n) is 2.34. The molecule has 1 aliphatic carbocycles. The quantitative estimate of drug-likeness (QED) is 0.631. The largest absolute Gasteiger partial charge is 0.395 e. The van der Waals surface area contributed by atoms with E-state index in [1.807, 2.05) is 4.90 Å². The van der Waals surface area contributed by atoms with Crippen LogP contribution < -0.4 is 0 Å². The molecule has 1 fully saturated rings. The highest BCUT2D eigenvalue weighted by Crippen LogP contribution is 2.25. The van der Waals surface area contributed by atoms with Gasteiger partial charge in [-0.05, 0) is 25.7 Å². The Balaban J connectivity index is 2.17. The van der Waals surface area contributed by atoms with Crippen LogP contribution in [0.25, 0.3) is 0 Å². The zero-order valence-corrected chi connectivity index (χ0v) is 11.2. The van der Waals surface area contributed by atoms with Crippen molar-refractivity contribution >= 4 is 5.91 Å². The number of carbonyl (C=O) groups is 1. The first-order valence-electron chi connectivity index (χ1n) is 7.20. The molecule has 1 N–H and O–H groups in total. The topological polar surface area (TPSA) is 40.5 Å². The van der Waals surface area contributed by atoms with E-state index in [1.165, 1.54) is 25.7 Å². The minimum atomic E-state index is 0.0953. The summed E-state index contributed by atoms with van der Waals surface area (Å²) in [4.78, 5) is 13.9. The summed E-state index contributed by atoms with van der Waals surface area (Å²) in [6.07, 6.45) is 10.1. The highest BCUT2D eigenvalue weighted by atomic mass is 16.3. The fourth-order valence-corrected chi connectivity index (χ4v) is 2.34. The summed E-state index contributed by atoms with van der Waals surface area (Å²) < 4.78 is 0. The normalized spacial score (nSPS) is 15.6. The molecule has 0 unspecified atom stereocenters. The lowest BCUT2D eigenvalue weighted by atomic mass is 9.91. The van der Waals surface area contributed by atoms with Gasteiger partial charge in [0.25, 0.3) is 0 Å². The van der Waals surface area contributed by atoms with Crippen LogP contribution in [0.1, 0.15) is 64.7 Å². The van der Waals surface area contributed by atoms with Gasteiger partial charge in [0.1, 0.15) is 0 Å². The number of hydrogen-bond donors (Lipinski definition) is 1. The fraction of sp³-hybridized carbons (Fsp3) is 0.929. The van der Waals surface area contributed by atoms with Crippen LogP contribution in [0.3, 0.4) is 0 Å². The van der Waals surface area contributed by atoms with Gasteiger partial charge in [0.15, 0.2) is 0 Å². The number of carbonyl (C=O) groups excluding carboxylic acids is 1. The van der Waals surface area contributed by atoms with E-state index in [4.69, 9.17) is 5.11 Å². The van der Waals surface area contributed by atoms with Crippen molar-refractivity contribution in [3.63, 3.8) is 0 Å². The van der Waals surface area contributed by atoms with E-state index in [1.54, 1.807) is 0 Å². The third-order valence-electron chi connectivity index (χ3n) is 3.67. The van der Waals surface area contributed by atoms with Crippen LogP contribution in [-0.4, -0.2) is 35.1 Å². The number of nitrogens with zero attached hydrogens (tertiary/aromatic N) is 1. The van der Waals surface area contributed by atoms with Crippen molar-refractivity contribution in [2.24, 2.45) is 0 Å². The van der Waals surface area contributed by atoms with Crippen molar-refractivity contribution < 1.29 is 9.90 Å². The van der Waals surface area contributed by atoms with Gasteiger partial charge in [-0.3, -0.25) is 4.79 Å². The molecule has 0 bridgehead atoms. The SMILES string of the molecule is CCCCCCCC(=O)N(CCO)C1CCC1. The summed E-state index contributed by atoms with van der Waals surface area (Å²) in [5, 5.41) is 9.00. The summed E-state index contributed by atoms with van der Waals surface area (Å²) in [5.41, 5.74) is 0. The third kappa shape index (κ3) is 5.07. The van der Waals surface area contributed by atoms with Gasteiger partial charge in [0, 0.05) is 19.0 Å². The van der Waals surface area contributed by atoms with E-state index < -0.39 is 0 Å². The molecular formula is C14H27NO2. The summed E-state index contributed by atoms with van der Waals surface area (Å²) in [5.74, 6) is 0.250. The molecule has 0 spiro atoms. The number of amides is 1. The molecule has 1 rings (SSSR count). The second kappa shape index (κ2) is 8.51. The molecule has 0 saturated heterocycles. The minimum Gasteiger partial charge on any atom is -0.395 e. The van der Waals surface area contributed by atoms with E-state index in [9.17, 15) is 4.79 Å². The van der Waals surface area contributed by atoms with Crippen LogP contribution in [0.5, 0.6) is 0 Å². The number of hydrogen-bond acceptors (Lipinski definition) is 2. The molecule has 0 heterocycles. The molecule has 1 amide bonds. The lowest BCUT2D eigenvalue weighted by molar-refractivity contribution is -0.136. The van der Waals surface area contributed by atoms with Gasteiger partial charge >= 0.3 is 0 Å². The maximum absolute atomic E-state index is 12.0. The van der Waals surface area contributed by atoms with Crippen molar-refractivity contribution in [3.8, 4) is 0 Å². The van der Waals surface area contributed by atoms with Gasteiger partial charge < -0.3 is 10.0 Å². The Morgan fingerprint density at radius 1 is 1.24 bits per heavy atom. The average Bonchev–Trinajstić information content (AvgIpc) is 2.25. The predicted octanol–water partition coefficient (Wildman–Crippen LogP) is 2.72. The maximum Gasteiger partial charge on any atom is 0.222 e. The first kappa shape index (κ1) is 14.5. The average molecular weight is 241 g/mol. The molecule has 3 nitrogen and oxygen atoms in total. The van der Waals surface area contributed by atoms with Crippen molar-refractivity contribution in [2.75, 3.05) is 13.2 Å². The Morgan fingerprint density at radius 2 is 1.94 bits per heavy atom. The Hall–Kier alpha value is -0.570. The zero-order chi connectivity index (χ0) is 12.5. The molecule has 0 aliphatic heterocycles. The van der Waals surface area contributed by atoms with Crippen molar-refractivity contribution in [2.45, 2.75) is 70.8 Å². The number of aliphatic hydroxyl groups excluding tert-OH is 1. The molecule has 0 atom stereocenters. The minimum absolute atomic E-state index is 0.0953. The van der Waals surface area contributed by atoms with Gasteiger partial charge in [-0.1, -0.05) is 32.6 Å². The van der Waals surface area contributed by atoms with Gasteiger partial charge in [-0.15, -0.1) is 0 Å². The summed E-state index contributed by atoms with van der Waals surface area (Å²) in [6.45, 7) is 2.82. The molecule has 3 heteroatoms. The summed E-state index contributed by atoms with van der Waals surface area (Å²) in [7, 11) is 0. The standard InChI is InChI=1S/C14H27NO2/c1-2-3-4-5-6-10-14(17)15(11-12-16)13-8-7-9-13/h13,16H,2-12H2,1H3. The summed E-state index contributed by atoms with van der Waals surface area (Å²) >= 11 is 0. The van der Waals surface area contributed by atoms with E-state index >= 15 is 0 Å². The lowest BCUT2D eigenvalue weighted by Gasteiger charge is -2.37. The first-order chi connectivity index (χ1) is 8.29. The summed E-state index contributed by atoms with van der Waals surface area (Å²) in [6, 6.07) is 0.422. The van der Waals surface area contributed by atoms with Crippen molar-refractivity contribution in [1.29, 1.82) is 0 Å². The highest BCUT2D eigenvalue weighted by Gasteiger charge is 2.27. The lowest BCUT2D eigenvalue weighted by Crippen LogP contribution is -2.45. The van der Waals surface area contributed by atoms with E-state index in [-0.39, 0.29) is 12.5 Å². The van der Waals surface area contributed by atoms with E-state index in [0.717, 1.165) is 25.7 Å². The Morgan fingerprint density at radius 3 is 2.47 bits per heavy atom. The van der Waals surface area contributed by atoms with Crippen LogP contribution in [0.2, 0.25) is 0 Å². The molecule has 0 aromatic rings. The monoisotopic (exact) mass is 241 g/mol. The molecule has 0 radical (unpaired) electrons. The zero-order valence-electron chi connectivity index (χ0n) is 11.2. The van der Waals surface area contributed by atoms with Gasteiger partial charge in [0.2, 0.25) is 5.91 Å². The van der Waals surface area contributed by atoms with E-state index in [0.29, 0.717) is 19.0 Å². The smallest absolute Gasteiger partial charge is 0.222 e. The highest BCUT2D eigenvalue weighted by molar-refractivity contribution is 5.76. The molecular weight excluding hydrogens is 214 g/mol. The third-order valence-corrected chi connectivity index (χ3v) is 3.67. The first-order valence-corrected chi connectivity index (χ1v) is 7.20. The van der Waals surface area contributed by atoms with Crippen LogP contribution in [0.4, 0.5) is 0 Å². The van der Waals surface area contributed by atoms with Gasteiger partial charge in [-0.2, -0.15) is 0 Å². The molecule has 17 heavy (non-hydrogen) atoms. The molecule has 0 aromatic carbocycles. The Labute approximate surface area is 105 Å². The maximum atomic E-state index is 12.0. The van der Waals surface area contributed by atoms with Crippen molar-refractivity contribution in [3.05, 3.63) is 0 Å². The van der Waals surface area contributed by atoms with Crippen LogP contribution in [0, 0.1) is 0 Å². The molecule has 100 valence electrons. The Kier molecular flexibility index (Phi) is 7.25. The molecule has 1 saturated carbocycles.